The minimum atomic E-state index is 0.476. The number of aromatic nitrogens is 1. The first kappa shape index (κ1) is 14.7. The summed E-state index contributed by atoms with van der Waals surface area (Å²) in [6.45, 7) is 2.47. The van der Waals surface area contributed by atoms with E-state index in [2.05, 4.69) is 5.16 Å². The van der Waals surface area contributed by atoms with E-state index in [0.717, 1.165) is 45.7 Å². The molecular weight excluding hydrogens is 306 g/mol. The average molecular weight is 322 g/mol. The van der Waals surface area contributed by atoms with Crippen molar-refractivity contribution in [2.24, 2.45) is 0 Å². The number of rotatable bonds is 5. The number of methoxy groups -OCH3 is 1. The molecule has 21 heavy (non-hydrogen) atoms. The lowest BCUT2D eigenvalue weighted by atomic mass is 9.98. The molecule has 0 spiro atoms. The molecule has 0 amide bonds. The van der Waals surface area contributed by atoms with Crippen molar-refractivity contribution in [2.75, 3.05) is 7.11 Å². The minimum absolute atomic E-state index is 0.476. The number of ether oxygens (including phenoxy) is 1. The Balaban J connectivity index is 1.98. The first-order valence-corrected chi connectivity index (χ1v) is 7.68. The SMILES string of the molecule is COCc1ccc(C(=S)c2cnoc2C2CC2)c(C)c1Cl. The van der Waals surface area contributed by atoms with Crippen LogP contribution in [0, 0.1) is 6.92 Å². The van der Waals surface area contributed by atoms with Gasteiger partial charge in [0, 0.05) is 18.1 Å². The maximum atomic E-state index is 6.42. The highest BCUT2D eigenvalue weighted by atomic mass is 35.5. The maximum absolute atomic E-state index is 6.42. The molecule has 1 heterocycles. The molecule has 0 saturated heterocycles. The van der Waals surface area contributed by atoms with E-state index in [1.807, 2.05) is 19.1 Å². The zero-order valence-corrected chi connectivity index (χ0v) is 13.6. The van der Waals surface area contributed by atoms with E-state index in [0.29, 0.717) is 17.5 Å². The van der Waals surface area contributed by atoms with E-state index in [1.54, 1.807) is 13.3 Å². The van der Waals surface area contributed by atoms with Crippen molar-refractivity contribution >= 4 is 28.7 Å². The molecular formula is C16H16ClNO2S. The fourth-order valence-corrected chi connectivity index (χ4v) is 3.05. The molecule has 1 aliphatic carbocycles. The van der Waals surface area contributed by atoms with Gasteiger partial charge in [-0.15, -0.1) is 0 Å². The molecule has 2 aromatic rings. The highest BCUT2D eigenvalue weighted by Crippen LogP contribution is 2.42. The van der Waals surface area contributed by atoms with Gasteiger partial charge in [-0.25, -0.2) is 0 Å². The summed E-state index contributed by atoms with van der Waals surface area (Å²) in [6.07, 6.45) is 4.01. The molecule has 0 atom stereocenters. The smallest absolute Gasteiger partial charge is 0.148 e. The van der Waals surface area contributed by atoms with Crippen LogP contribution in [0.5, 0.6) is 0 Å². The summed E-state index contributed by atoms with van der Waals surface area (Å²) in [7, 11) is 1.66. The Morgan fingerprint density at radius 3 is 2.86 bits per heavy atom. The second kappa shape index (κ2) is 5.87. The first-order valence-electron chi connectivity index (χ1n) is 6.89. The summed E-state index contributed by atoms with van der Waals surface area (Å²) >= 11 is 12.1. The van der Waals surface area contributed by atoms with Crippen molar-refractivity contribution in [3.05, 3.63) is 51.4 Å². The Morgan fingerprint density at radius 1 is 1.43 bits per heavy atom. The summed E-state index contributed by atoms with van der Waals surface area (Å²) in [5.74, 6) is 1.39. The first-order chi connectivity index (χ1) is 10.1. The molecule has 1 aromatic carbocycles. The Kier molecular flexibility index (Phi) is 4.11. The highest BCUT2D eigenvalue weighted by Gasteiger charge is 2.31. The molecule has 1 saturated carbocycles. The monoisotopic (exact) mass is 321 g/mol. The normalized spacial score (nSPS) is 14.4. The average Bonchev–Trinajstić information content (AvgIpc) is 3.21. The van der Waals surface area contributed by atoms with Crippen LogP contribution < -0.4 is 0 Å². The third-order valence-corrected chi connectivity index (χ3v) is 4.77. The lowest BCUT2D eigenvalue weighted by Crippen LogP contribution is -2.05. The predicted molar refractivity (Wildman–Crippen MR) is 86.2 cm³/mol. The molecule has 1 fully saturated rings. The number of benzene rings is 1. The van der Waals surface area contributed by atoms with E-state index in [9.17, 15) is 0 Å². The van der Waals surface area contributed by atoms with Crippen LogP contribution in [0.25, 0.3) is 0 Å². The fraction of sp³-hybridized carbons (Fsp3) is 0.375. The van der Waals surface area contributed by atoms with E-state index >= 15 is 0 Å². The topological polar surface area (TPSA) is 35.3 Å². The predicted octanol–water partition coefficient (Wildman–Crippen LogP) is 4.43. The van der Waals surface area contributed by atoms with Crippen LogP contribution in [0.2, 0.25) is 5.02 Å². The van der Waals surface area contributed by atoms with Gasteiger partial charge in [-0.2, -0.15) is 0 Å². The Labute approximate surface area is 134 Å². The van der Waals surface area contributed by atoms with Crippen LogP contribution in [0.4, 0.5) is 0 Å². The zero-order chi connectivity index (χ0) is 15.0. The minimum Gasteiger partial charge on any atom is -0.380 e. The van der Waals surface area contributed by atoms with Crippen LogP contribution in [0.15, 0.2) is 22.9 Å². The zero-order valence-electron chi connectivity index (χ0n) is 12.0. The summed E-state index contributed by atoms with van der Waals surface area (Å²) in [5.41, 5.74) is 3.82. The number of halogens is 1. The second-order valence-electron chi connectivity index (χ2n) is 5.35. The molecule has 0 unspecified atom stereocenters. The molecule has 0 radical (unpaired) electrons. The number of nitrogens with zero attached hydrogens (tertiary/aromatic N) is 1. The summed E-state index contributed by atoms with van der Waals surface area (Å²) < 4.78 is 10.5. The van der Waals surface area contributed by atoms with Crippen molar-refractivity contribution in [2.45, 2.75) is 32.3 Å². The molecule has 0 aliphatic heterocycles. The van der Waals surface area contributed by atoms with E-state index in [-0.39, 0.29) is 0 Å². The van der Waals surface area contributed by atoms with Crippen molar-refractivity contribution in [3.8, 4) is 0 Å². The largest absolute Gasteiger partial charge is 0.380 e. The van der Waals surface area contributed by atoms with Gasteiger partial charge in [-0.3, -0.25) is 0 Å². The lowest BCUT2D eigenvalue weighted by molar-refractivity contribution is 0.185. The molecule has 1 aliphatic rings. The van der Waals surface area contributed by atoms with Crippen LogP contribution in [-0.4, -0.2) is 17.1 Å². The van der Waals surface area contributed by atoms with Gasteiger partial charge in [-0.1, -0.05) is 41.1 Å². The molecule has 110 valence electrons. The molecule has 0 bridgehead atoms. The van der Waals surface area contributed by atoms with Crippen LogP contribution in [0.3, 0.4) is 0 Å². The van der Waals surface area contributed by atoms with E-state index < -0.39 is 0 Å². The molecule has 3 nitrogen and oxygen atoms in total. The molecule has 0 N–H and O–H groups in total. The number of hydrogen-bond donors (Lipinski definition) is 0. The Morgan fingerprint density at radius 2 is 2.19 bits per heavy atom. The fourth-order valence-electron chi connectivity index (χ4n) is 2.46. The Bertz CT molecular complexity index is 692. The van der Waals surface area contributed by atoms with Gasteiger partial charge in [-0.05, 0) is 36.5 Å². The van der Waals surface area contributed by atoms with Crippen LogP contribution >= 0.6 is 23.8 Å². The van der Waals surface area contributed by atoms with Gasteiger partial charge < -0.3 is 9.26 Å². The number of hydrogen-bond acceptors (Lipinski definition) is 4. The second-order valence-corrected chi connectivity index (χ2v) is 6.14. The standard InChI is InChI=1S/C16H16ClNO2S/c1-9-12(6-5-11(8-19-2)14(9)17)16(21)13-7-18-20-15(13)10-3-4-10/h5-7,10H,3-4,8H2,1-2H3. The van der Waals surface area contributed by atoms with Crippen molar-refractivity contribution in [3.63, 3.8) is 0 Å². The maximum Gasteiger partial charge on any atom is 0.148 e. The van der Waals surface area contributed by atoms with Gasteiger partial charge in [0.05, 0.1) is 23.2 Å². The van der Waals surface area contributed by atoms with Gasteiger partial charge >= 0.3 is 0 Å². The molecule has 1 aromatic heterocycles. The summed E-state index contributed by atoms with van der Waals surface area (Å²) in [6, 6.07) is 3.96. The van der Waals surface area contributed by atoms with Gasteiger partial charge in [0.1, 0.15) is 5.76 Å². The van der Waals surface area contributed by atoms with Crippen LogP contribution in [-0.2, 0) is 11.3 Å². The summed E-state index contributed by atoms with van der Waals surface area (Å²) in [5, 5.41) is 4.62. The van der Waals surface area contributed by atoms with Crippen molar-refractivity contribution in [1.82, 2.24) is 5.16 Å². The summed E-state index contributed by atoms with van der Waals surface area (Å²) in [4.78, 5) is 0.751. The molecule has 3 rings (SSSR count). The van der Waals surface area contributed by atoms with Crippen molar-refractivity contribution in [1.29, 1.82) is 0 Å². The van der Waals surface area contributed by atoms with Gasteiger partial charge in [0.15, 0.2) is 0 Å². The third-order valence-electron chi connectivity index (χ3n) is 3.80. The quantitative estimate of drug-likeness (QED) is 0.603. The number of thiocarbonyl (C=S) groups is 1. The van der Waals surface area contributed by atoms with Crippen LogP contribution in [0.1, 0.15) is 46.8 Å². The Hall–Kier alpha value is -1.23. The highest BCUT2D eigenvalue weighted by molar-refractivity contribution is 7.81. The van der Waals surface area contributed by atoms with E-state index in [4.69, 9.17) is 33.1 Å². The lowest BCUT2D eigenvalue weighted by Gasteiger charge is -2.12. The van der Waals surface area contributed by atoms with Gasteiger partial charge in [0.25, 0.3) is 0 Å². The van der Waals surface area contributed by atoms with Crippen molar-refractivity contribution < 1.29 is 9.26 Å². The molecule has 5 heteroatoms. The van der Waals surface area contributed by atoms with E-state index in [1.165, 1.54) is 0 Å². The third kappa shape index (κ3) is 2.76. The van der Waals surface area contributed by atoms with Gasteiger partial charge in [0.2, 0.25) is 0 Å².